The molecule has 2 aromatic heterocycles. The maximum absolute atomic E-state index is 14.1. The van der Waals surface area contributed by atoms with E-state index in [1.54, 1.807) is 42.5 Å². The van der Waals surface area contributed by atoms with E-state index in [0.717, 1.165) is 29.7 Å². The van der Waals surface area contributed by atoms with Crippen molar-refractivity contribution in [1.82, 2.24) is 15.0 Å². The maximum atomic E-state index is 14.1. The molecule has 0 fully saturated rings. The zero-order valence-corrected chi connectivity index (χ0v) is 23.8. The first-order chi connectivity index (χ1) is 19.3. The number of aryl methyl sites for hydroxylation is 1. The number of ether oxygens (including phenoxy) is 2. The van der Waals surface area contributed by atoms with E-state index < -0.39 is 17.8 Å². The number of benzene rings is 2. The Morgan fingerprint density at radius 3 is 2.95 bits per heavy atom. The third kappa shape index (κ3) is 5.59. The van der Waals surface area contributed by atoms with Gasteiger partial charge in [-0.05, 0) is 73.6 Å². The van der Waals surface area contributed by atoms with Crippen molar-refractivity contribution in [2.45, 2.75) is 45.8 Å². The van der Waals surface area contributed by atoms with Crippen LogP contribution in [-0.4, -0.2) is 28.8 Å². The van der Waals surface area contributed by atoms with Crippen LogP contribution in [0.25, 0.3) is 10.2 Å². The number of halogens is 2. The average Bonchev–Trinajstić information content (AvgIpc) is 3.31. The highest BCUT2D eigenvalue weighted by Gasteiger charge is 2.25. The minimum atomic E-state index is -0.810. The molecule has 2 aromatic carbocycles. The summed E-state index contributed by atoms with van der Waals surface area (Å²) in [5, 5.41) is 4.95. The summed E-state index contributed by atoms with van der Waals surface area (Å²) >= 11 is 7.65. The number of hydrogen-bond donors (Lipinski definition) is 1. The molecule has 40 heavy (non-hydrogen) atoms. The highest BCUT2D eigenvalue weighted by molar-refractivity contribution is 7.18. The summed E-state index contributed by atoms with van der Waals surface area (Å²) in [4.78, 5) is 32.6. The molecule has 0 radical (unpaired) electrons. The molecule has 0 saturated heterocycles. The van der Waals surface area contributed by atoms with Crippen LogP contribution in [0, 0.1) is 11.7 Å². The lowest BCUT2D eigenvalue weighted by molar-refractivity contribution is -0.123. The van der Waals surface area contributed by atoms with Gasteiger partial charge in [-0.1, -0.05) is 24.6 Å². The number of aromatic nitrogens is 2. The van der Waals surface area contributed by atoms with E-state index in [1.807, 2.05) is 0 Å². The molecular weight excluding hydrogens is 555 g/mol. The summed E-state index contributed by atoms with van der Waals surface area (Å²) in [5.41, 5.74) is 4.24. The van der Waals surface area contributed by atoms with Crippen LogP contribution in [0.4, 0.5) is 4.39 Å². The van der Waals surface area contributed by atoms with Gasteiger partial charge in [0, 0.05) is 10.4 Å². The van der Waals surface area contributed by atoms with E-state index in [9.17, 15) is 14.0 Å². The Kier molecular flexibility index (Phi) is 8.18. The zero-order valence-electron chi connectivity index (χ0n) is 22.2. The predicted molar refractivity (Wildman–Crippen MR) is 154 cm³/mol. The molecule has 0 saturated carbocycles. The number of hydrogen-bond acceptors (Lipinski definition) is 7. The number of carbonyl (C=O) groups is 1. The third-order valence-corrected chi connectivity index (χ3v) is 8.56. The average molecular weight is 583 g/mol. The Balaban J connectivity index is 1.26. The van der Waals surface area contributed by atoms with Crippen molar-refractivity contribution in [2.24, 2.45) is 11.0 Å². The molecule has 208 valence electrons. The number of thiophene rings is 1. The minimum absolute atomic E-state index is 0.0728. The van der Waals surface area contributed by atoms with Gasteiger partial charge in [-0.2, -0.15) is 5.10 Å². The molecule has 0 bridgehead atoms. The van der Waals surface area contributed by atoms with Gasteiger partial charge in [-0.25, -0.2) is 14.8 Å². The number of fused-ring (bicyclic) bond motifs is 3. The molecule has 11 heteroatoms. The molecule has 0 unspecified atom stereocenters. The SMILES string of the molecule is COc1cc(/C=N\NC(=O)[C@@H](C)n2cnc3sc4c(c3c2=O)CC[C@@H](C)C4)ccc1OCc1c(F)cccc1Cl. The molecule has 1 amide bonds. The second-order valence-corrected chi connectivity index (χ2v) is 11.3. The van der Waals surface area contributed by atoms with E-state index in [4.69, 9.17) is 21.1 Å². The Bertz CT molecular complexity index is 1650. The Morgan fingerprint density at radius 2 is 2.17 bits per heavy atom. The standard InChI is InChI=1S/C29H28ClFN4O4S/c1-16-7-9-19-25(11-16)40-28-26(19)29(37)35(15-32-28)17(2)27(36)34-33-13-18-8-10-23(24(12-18)38-3)39-14-20-21(30)5-4-6-22(20)31/h4-6,8,10,12-13,15-17H,7,9,11,14H2,1-3H3,(H,34,36)/b33-13-/t16-,17-/m1/s1. The highest BCUT2D eigenvalue weighted by atomic mass is 35.5. The fraction of sp³-hybridized carbons (Fsp3) is 0.310. The summed E-state index contributed by atoms with van der Waals surface area (Å²) in [6.07, 6.45) is 5.73. The van der Waals surface area contributed by atoms with Crippen molar-refractivity contribution in [3.8, 4) is 11.5 Å². The molecule has 0 aliphatic heterocycles. The summed E-state index contributed by atoms with van der Waals surface area (Å²) in [6.45, 7) is 3.78. The van der Waals surface area contributed by atoms with E-state index in [2.05, 4.69) is 22.4 Å². The quantitative estimate of drug-likeness (QED) is 0.213. The topological polar surface area (TPSA) is 94.8 Å². The second-order valence-electron chi connectivity index (χ2n) is 9.80. The van der Waals surface area contributed by atoms with E-state index in [-0.39, 0.29) is 22.8 Å². The Labute approximate surface area is 239 Å². The van der Waals surface area contributed by atoms with Crippen LogP contribution in [0.15, 0.2) is 52.6 Å². The first-order valence-corrected chi connectivity index (χ1v) is 14.0. The molecule has 1 aliphatic carbocycles. The number of hydrazone groups is 1. The number of methoxy groups -OCH3 is 1. The van der Waals surface area contributed by atoms with Crippen molar-refractivity contribution >= 4 is 45.3 Å². The van der Waals surface area contributed by atoms with Gasteiger partial charge < -0.3 is 9.47 Å². The van der Waals surface area contributed by atoms with Gasteiger partial charge in [0.05, 0.1) is 30.1 Å². The molecule has 4 aromatic rings. The van der Waals surface area contributed by atoms with E-state index >= 15 is 0 Å². The molecular formula is C29H28ClFN4O4S. The van der Waals surface area contributed by atoms with Crippen LogP contribution in [0.1, 0.15) is 47.9 Å². The van der Waals surface area contributed by atoms with Crippen molar-refractivity contribution in [3.63, 3.8) is 0 Å². The van der Waals surface area contributed by atoms with Crippen molar-refractivity contribution in [2.75, 3.05) is 7.11 Å². The van der Waals surface area contributed by atoms with Gasteiger partial charge in [0.1, 0.15) is 23.3 Å². The van der Waals surface area contributed by atoms with E-state index in [1.165, 1.54) is 41.2 Å². The third-order valence-electron chi connectivity index (χ3n) is 7.05. The van der Waals surface area contributed by atoms with Gasteiger partial charge in [0.2, 0.25) is 0 Å². The Hall–Kier alpha value is -3.76. The number of nitrogens with zero attached hydrogens (tertiary/aromatic N) is 3. The van der Waals surface area contributed by atoms with E-state index in [0.29, 0.717) is 28.4 Å². The van der Waals surface area contributed by atoms with Crippen LogP contribution >= 0.6 is 22.9 Å². The zero-order chi connectivity index (χ0) is 28.4. The molecule has 2 atom stereocenters. The lowest BCUT2D eigenvalue weighted by atomic mass is 9.89. The van der Waals surface area contributed by atoms with Gasteiger partial charge >= 0.3 is 0 Å². The molecule has 1 N–H and O–H groups in total. The highest BCUT2D eigenvalue weighted by Crippen LogP contribution is 2.35. The summed E-state index contributed by atoms with van der Waals surface area (Å²) in [6, 6.07) is 8.66. The van der Waals surface area contributed by atoms with Crippen molar-refractivity contribution in [1.29, 1.82) is 0 Å². The van der Waals surface area contributed by atoms with Crippen LogP contribution in [0.3, 0.4) is 0 Å². The number of rotatable bonds is 8. The summed E-state index contributed by atoms with van der Waals surface area (Å²) in [7, 11) is 1.48. The first kappa shape index (κ1) is 27.8. The van der Waals surface area contributed by atoms with Crippen molar-refractivity contribution < 1.29 is 18.7 Å². The normalized spacial score (nSPS) is 15.7. The maximum Gasteiger partial charge on any atom is 0.263 e. The lowest BCUT2D eigenvalue weighted by Crippen LogP contribution is -2.34. The van der Waals surface area contributed by atoms with Crippen LogP contribution in [0.5, 0.6) is 11.5 Å². The Morgan fingerprint density at radius 1 is 1.35 bits per heavy atom. The fourth-order valence-electron chi connectivity index (χ4n) is 4.71. The van der Waals surface area contributed by atoms with Crippen LogP contribution in [-0.2, 0) is 24.2 Å². The smallest absolute Gasteiger partial charge is 0.263 e. The second kappa shape index (κ2) is 11.8. The van der Waals surface area contributed by atoms with Gasteiger partial charge in [-0.15, -0.1) is 11.3 Å². The summed E-state index contributed by atoms with van der Waals surface area (Å²) in [5.74, 6) is 0.472. The molecule has 2 heterocycles. The number of nitrogens with one attached hydrogen (secondary N) is 1. The predicted octanol–water partition coefficient (Wildman–Crippen LogP) is 5.67. The van der Waals surface area contributed by atoms with Gasteiger partial charge in [0.15, 0.2) is 11.5 Å². The minimum Gasteiger partial charge on any atom is -0.493 e. The van der Waals surface area contributed by atoms with Crippen LogP contribution < -0.4 is 20.5 Å². The monoisotopic (exact) mass is 582 g/mol. The molecule has 5 rings (SSSR count). The molecule has 0 spiro atoms. The molecule has 1 aliphatic rings. The number of amides is 1. The van der Waals surface area contributed by atoms with Gasteiger partial charge in [-0.3, -0.25) is 14.2 Å². The largest absolute Gasteiger partial charge is 0.493 e. The van der Waals surface area contributed by atoms with Crippen LogP contribution in [0.2, 0.25) is 5.02 Å². The number of carbonyl (C=O) groups excluding carboxylic acids is 1. The fourth-order valence-corrected chi connectivity index (χ4v) is 6.27. The van der Waals surface area contributed by atoms with Crippen molar-refractivity contribution in [3.05, 3.63) is 85.5 Å². The van der Waals surface area contributed by atoms with Gasteiger partial charge in [0.25, 0.3) is 11.5 Å². The first-order valence-electron chi connectivity index (χ1n) is 12.8. The summed E-state index contributed by atoms with van der Waals surface area (Å²) < 4.78 is 26.5. The molecule has 8 nitrogen and oxygen atoms in total. The lowest BCUT2D eigenvalue weighted by Gasteiger charge is -2.18.